The van der Waals surface area contributed by atoms with E-state index in [1.165, 1.54) is 0 Å². The molecule has 0 bridgehead atoms. The van der Waals surface area contributed by atoms with E-state index in [1.54, 1.807) is 18.3 Å². The van der Waals surface area contributed by atoms with Crippen LogP contribution in [0, 0.1) is 5.92 Å². The van der Waals surface area contributed by atoms with Crippen LogP contribution in [0.3, 0.4) is 0 Å². The Morgan fingerprint density at radius 2 is 2.03 bits per heavy atom. The van der Waals surface area contributed by atoms with Gasteiger partial charge in [-0.3, -0.25) is 9.20 Å². The maximum Gasteiger partial charge on any atom is 0.228 e. The van der Waals surface area contributed by atoms with Crippen LogP contribution >= 0.6 is 0 Å². The summed E-state index contributed by atoms with van der Waals surface area (Å²) in [6, 6.07) is 4.14. The molecule has 32 heavy (non-hydrogen) atoms. The molecule has 0 unspecified atom stereocenters. The SMILES string of the molecule is COc1nc(NC2CCC(C(=O)N(C)C)CC2)nc2[nH]cc(-c3ccc4nncn4c3)c12. The van der Waals surface area contributed by atoms with Crippen molar-refractivity contribution in [3.8, 4) is 17.0 Å². The summed E-state index contributed by atoms with van der Waals surface area (Å²) in [6.45, 7) is 0. The Morgan fingerprint density at radius 1 is 1.22 bits per heavy atom. The normalized spacial score (nSPS) is 18.7. The van der Waals surface area contributed by atoms with Crippen molar-refractivity contribution >= 4 is 28.5 Å². The van der Waals surface area contributed by atoms with Crippen molar-refractivity contribution in [1.82, 2.24) is 34.4 Å². The predicted molar refractivity (Wildman–Crippen MR) is 120 cm³/mol. The zero-order valence-electron chi connectivity index (χ0n) is 18.4. The number of nitrogens with one attached hydrogen (secondary N) is 2. The summed E-state index contributed by atoms with van der Waals surface area (Å²) in [4.78, 5) is 26.5. The third-order valence-electron chi connectivity index (χ3n) is 6.14. The number of amides is 1. The molecule has 4 aromatic rings. The van der Waals surface area contributed by atoms with E-state index in [-0.39, 0.29) is 17.9 Å². The van der Waals surface area contributed by atoms with Crippen LogP contribution in [0.15, 0.2) is 30.9 Å². The minimum atomic E-state index is 0.106. The van der Waals surface area contributed by atoms with Crippen LogP contribution in [-0.2, 0) is 4.79 Å². The third-order valence-corrected chi connectivity index (χ3v) is 6.14. The number of ether oxygens (including phenoxy) is 1. The number of carbonyl (C=O) groups is 1. The van der Waals surface area contributed by atoms with E-state index < -0.39 is 0 Å². The third kappa shape index (κ3) is 3.61. The second-order valence-corrected chi connectivity index (χ2v) is 8.42. The van der Waals surface area contributed by atoms with Crippen LogP contribution in [0.2, 0.25) is 0 Å². The van der Waals surface area contributed by atoms with E-state index in [0.717, 1.165) is 47.8 Å². The molecule has 10 heteroatoms. The summed E-state index contributed by atoms with van der Waals surface area (Å²) in [7, 11) is 5.25. The first-order valence-corrected chi connectivity index (χ1v) is 10.7. The largest absolute Gasteiger partial charge is 0.480 e. The Morgan fingerprint density at radius 3 is 2.78 bits per heavy atom. The zero-order chi connectivity index (χ0) is 22.2. The average molecular weight is 435 g/mol. The molecule has 5 rings (SSSR count). The lowest BCUT2D eigenvalue weighted by Gasteiger charge is -2.29. The molecule has 1 aliphatic rings. The monoisotopic (exact) mass is 434 g/mol. The molecule has 166 valence electrons. The van der Waals surface area contributed by atoms with Crippen LogP contribution in [0.5, 0.6) is 5.88 Å². The number of nitrogens with zero attached hydrogens (tertiary/aromatic N) is 6. The molecule has 0 aliphatic heterocycles. The van der Waals surface area contributed by atoms with Crippen LogP contribution < -0.4 is 10.1 Å². The van der Waals surface area contributed by atoms with Gasteiger partial charge in [0.25, 0.3) is 0 Å². The molecule has 4 aromatic heterocycles. The lowest BCUT2D eigenvalue weighted by molar-refractivity contribution is -0.133. The Labute approximate surface area is 185 Å². The summed E-state index contributed by atoms with van der Waals surface area (Å²) in [6.07, 6.45) is 9.10. The highest BCUT2D eigenvalue weighted by Gasteiger charge is 2.28. The maximum atomic E-state index is 12.2. The first kappa shape index (κ1) is 20.2. The van der Waals surface area contributed by atoms with Gasteiger partial charge in [0.05, 0.1) is 12.5 Å². The van der Waals surface area contributed by atoms with Crippen molar-refractivity contribution in [2.24, 2.45) is 5.92 Å². The number of aromatic amines is 1. The molecular weight excluding hydrogens is 408 g/mol. The van der Waals surface area contributed by atoms with E-state index in [0.29, 0.717) is 17.5 Å². The Kier molecular flexibility index (Phi) is 5.12. The highest BCUT2D eigenvalue weighted by molar-refractivity contribution is 5.97. The number of fused-ring (bicyclic) bond motifs is 2. The fourth-order valence-corrected chi connectivity index (χ4v) is 4.46. The summed E-state index contributed by atoms with van der Waals surface area (Å²) in [5, 5.41) is 12.3. The fraction of sp³-hybridized carbons (Fsp3) is 0.409. The van der Waals surface area contributed by atoms with Crippen LogP contribution in [0.1, 0.15) is 25.7 Å². The second-order valence-electron chi connectivity index (χ2n) is 8.42. The van der Waals surface area contributed by atoms with Crippen molar-refractivity contribution < 1.29 is 9.53 Å². The number of carbonyl (C=O) groups excluding carboxylic acids is 1. The second kappa shape index (κ2) is 8.10. The smallest absolute Gasteiger partial charge is 0.228 e. The topological polar surface area (TPSA) is 113 Å². The van der Waals surface area contributed by atoms with Crippen LogP contribution in [-0.4, -0.2) is 67.6 Å². The van der Waals surface area contributed by atoms with Crippen molar-refractivity contribution in [3.05, 3.63) is 30.9 Å². The van der Waals surface area contributed by atoms with Crippen LogP contribution in [0.4, 0.5) is 5.95 Å². The first-order valence-electron chi connectivity index (χ1n) is 10.7. The van der Waals surface area contributed by atoms with E-state index in [2.05, 4.69) is 25.5 Å². The number of pyridine rings is 1. The number of H-pyrrole nitrogens is 1. The van der Waals surface area contributed by atoms with Crippen molar-refractivity contribution in [1.29, 1.82) is 0 Å². The number of anilines is 1. The summed E-state index contributed by atoms with van der Waals surface area (Å²) >= 11 is 0. The van der Waals surface area contributed by atoms with Crippen molar-refractivity contribution in [2.45, 2.75) is 31.7 Å². The molecule has 0 spiro atoms. The highest BCUT2D eigenvalue weighted by atomic mass is 16.5. The van der Waals surface area contributed by atoms with Crippen molar-refractivity contribution in [3.63, 3.8) is 0 Å². The number of aromatic nitrogens is 6. The van der Waals surface area contributed by atoms with Gasteiger partial charge in [0.15, 0.2) is 5.65 Å². The number of hydrogen-bond donors (Lipinski definition) is 2. The van der Waals surface area contributed by atoms with Gasteiger partial charge in [0, 0.05) is 49.6 Å². The van der Waals surface area contributed by atoms with E-state index in [9.17, 15) is 4.79 Å². The van der Waals surface area contributed by atoms with Gasteiger partial charge < -0.3 is 19.9 Å². The fourth-order valence-electron chi connectivity index (χ4n) is 4.46. The number of rotatable bonds is 5. The zero-order valence-corrected chi connectivity index (χ0v) is 18.4. The quantitative estimate of drug-likeness (QED) is 0.496. The molecule has 1 aliphatic carbocycles. The van der Waals surface area contributed by atoms with Gasteiger partial charge in [-0.25, -0.2) is 0 Å². The summed E-state index contributed by atoms with van der Waals surface area (Å²) in [5.41, 5.74) is 3.41. The van der Waals surface area contributed by atoms with Gasteiger partial charge >= 0.3 is 0 Å². The Hall–Kier alpha value is -3.69. The van der Waals surface area contributed by atoms with E-state index in [1.807, 2.05) is 43.0 Å². The van der Waals surface area contributed by atoms with Crippen LogP contribution in [0.25, 0.3) is 27.8 Å². The molecule has 1 saturated carbocycles. The van der Waals surface area contributed by atoms with Gasteiger partial charge in [-0.2, -0.15) is 9.97 Å². The van der Waals surface area contributed by atoms with Gasteiger partial charge in [-0.15, -0.1) is 10.2 Å². The molecule has 0 saturated heterocycles. The van der Waals surface area contributed by atoms with Gasteiger partial charge in [0.1, 0.15) is 12.0 Å². The summed E-state index contributed by atoms with van der Waals surface area (Å²) in [5.74, 6) is 1.36. The maximum absolute atomic E-state index is 12.2. The van der Waals surface area contributed by atoms with Gasteiger partial charge in [-0.1, -0.05) is 0 Å². The molecule has 0 radical (unpaired) electrons. The predicted octanol–water partition coefficient (Wildman–Crippen LogP) is 2.74. The standard InChI is InChI=1S/C22H26N8O2/c1-29(2)21(31)13-4-7-15(8-5-13)25-22-26-19-18(20(27-22)32-3)16(10-23-19)14-6-9-17-28-24-12-30(17)11-14/h6,9-13,15H,4-5,7-8H2,1-3H3,(H2,23,25,26,27). The highest BCUT2D eigenvalue weighted by Crippen LogP contribution is 2.35. The lowest BCUT2D eigenvalue weighted by atomic mass is 9.85. The van der Waals surface area contributed by atoms with E-state index in [4.69, 9.17) is 9.72 Å². The summed E-state index contributed by atoms with van der Waals surface area (Å²) < 4.78 is 7.50. The molecule has 2 N–H and O–H groups in total. The van der Waals surface area contributed by atoms with Gasteiger partial charge in [-0.05, 0) is 37.8 Å². The molecule has 1 amide bonds. The average Bonchev–Trinajstić information content (AvgIpc) is 3.45. The minimum absolute atomic E-state index is 0.106. The first-order chi connectivity index (χ1) is 15.5. The Bertz CT molecular complexity index is 1270. The van der Waals surface area contributed by atoms with Gasteiger partial charge in [0.2, 0.25) is 17.7 Å². The number of methoxy groups -OCH3 is 1. The number of hydrogen-bond acceptors (Lipinski definition) is 7. The molecule has 4 heterocycles. The molecular formula is C22H26N8O2. The Balaban J connectivity index is 1.39. The van der Waals surface area contributed by atoms with Crippen molar-refractivity contribution in [2.75, 3.05) is 26.5 Å². The molecule has 10 nitrogen and oxygen atoms in total. The molecule has 0 aromatic carbocycles. The minimum Gasteiger partial charge on any atom is -0.480 e. The molecule has 0 atom stereocenters. The molecule has 1 fully saturated rings. The van der Waals surface area contributed by atoms with E-state index >= 15 is 0 Å². The lowest BCUT2D eigenvalue weighted by Crippen LogP contribution is -2.35.